The first-order valence-electron chi connectivity index (χ1n) is 3.15. The van der Waals surface area contributed by atoms with E-state index in [-0.39, 0.29) is 6.03 Å². The van der Waals surface area contributed by atoms with Gasteiger partial charge in [-0.3, -0.25) is 0 Å². The van der Waals surface area contributed by atoms with Gasteiger partial charge in [-0.05, 0) is 6.42 Å². The van der Waals surface area contributed by atoms with Crippen LogP contribution in [0, 0.1) is 0 Å². The summed E-state index contributed by atoms with van der Waals surface area (Å²) in [6.07, 6.45) is 1.00. The van der Waals surface area contributed by atoms with Crippen LogP contribution in [0.1, 0.15) is 13.3 Å². The van der Waals surface area contributed by atoms with Crippen molar-refractivity contribution in [1.29, 1.82) is 0 Å². The molecule has 3 nitrogen and oxygen atoms in total. The Labute approximate surface area is 56.0 Å². The topological polar surface area (TPSA) is 32.3 Å². The van der Waals surface area contributed by atoms with Crippen molar-refractivity contribution in [2.75, 3.05) is 20.6 Å². The number of hydrogen-bond acceptors (Lipinski definition) is 1. The third kappa shape index (κ3) is 2.95. The lowest BCUT2D eigenvalue weighted by Gasteiger charge is -2.14. The van der Waals surface area contributed by atoms with E-state index >= 15 is 0 Å². The van der Waals surface area contributed by atoms with Crippen molar-refractivity contribution in [3.63, 3.8) is 0 Å². The second-order valence-corrected chi connectivity index (χ2v) is 1.98. The summed E-state index contributed by atoms with van der Waals surface area (Å²) in [7, 11) is 3.41. The maximum absolute atomic E-state index is 10.7. The molecule has 0 spiro atoms. The predicted molar refractivity (Wildman–Crippen MR) is 37.4 cm³/mol. The van der Waals surface area contributed by atoms with E-state index in [1.54, 1.807) is 19.0 Å². The van der Waals surface area contributed by atoms with Crippen molar-refractivity contribution in [1.82, 2.24) is 10.2 Å². The molecule has 0 aromatic carbocycles. The van der Waals surface area contributed by atoms with E-state index in [4.69, 9.17) is 0 Å². The van der Waals surface area contributed by atoms with Crippen molar-refractivity contribution >= 4 is 6.03 Å². The minimum atomic E-state index is -0.0168. The molecule has 2 amide bonds. The minimum absolute atomic E-state index is 0.0168. The first kappa shape index (κ1) is 8.27. The number of carbonyl (C=O) groups is 1. The quantitative estimate of drug-likeness (QED) is 0.585. The second-order valence-electron chi connectivity index (χ2n) is 1.98. The Morgan fingerprint density at radius 1 is 1.67 bits per heavy atom. The monoisotopic (exact) mass is 130 g/mol. The average Bonchev–Trinajstić information content (AvgIpc) is 1.87. The van der Waals surface area contributed by atoms with Gasteiger partial charge in [0.25, 0.3) is 0 Å². The molecule has 0 aliphatic heterocycles. The third-order valence-electron chi connectivity index (χ3n) is 1.12. The highest BCUT2D eigenvalue weighted by molar-refractivity contribution is 5.73. The van der Waals surface area contributed by atoms with Crippen LogP contribution in [0.15, 0.2) is 0 Å². The maximum atomic E-state index is 10.7. The van der Waals surface area contributed by atoms with Crippen molar-refractivity contribution in [3.8, 4) is 0 Å². The van der Waals surface area contributed by atoms with Gasteiger partial charge in [-0.1, -0.05) is 6.92 Å². The molecule has 0 aromatic rings. The van der Waals surface area contributed by atoms with Gasteiger partial charge in [0.2, 0.25) is 0 Å². The molecule has 0 bridgehead atoms. The summed E-state index contributed by atoms with van der Waals surface area (Å²) in [5.74, 6) is 0. The molecule has 3 heteroatoms. The third-order valence-corrected chi connectivity index (χ3v) is 1.12. The maximum Gasteiger partial charge on any atom is 0.316 e. The number of urea groups is 1. The highest BCUT2D eigenvalue weighted by Crippen LogP contribution is 1.84. The predicted octanol–water partition coefficient (Wildman–Crippen LogP) is 0.668. The van der Waals surface area contributed by atoms with Crippen LogP contribution in [0.5, 0.6) is 0 Å². The molecule has 0 saturated heterocycles. The Bertz CT molecular complexity index is 93.1. The molecular weight excluding hydrogens is 116 g/mol. The Hall–Kier alpha value is -0.730. The number of nitrogens with one attached hydrogen (secondary N) is 1. The molecule has 0 radical (unpaired) electrons. The second kappa shape index (κ2) is 4.18. The zero-order valence-electron chi connectivity index (χ0n) is 6.27. The van der Waals surface area contributed by atoms with Gasteiger partial charge in [-0.15, -0.1) is 0 Å². The summed E-state index contributed by atoms with van der Waals surface area (Å²) in [4.78, 5) is 12.4. The summed E-state index contributed by atoms with van der Waals surface area (Å²) >= 11 is 0. The van der Waals surface area contributed by atoms with Crippen LogP contribution in [0.25, 0.3) is 0 Å². The molecule has 0 aliphatic rings. The van der Waals surface area contributed by atoms with Crippen molar-refractivity contribution in [2.24, 2.45) is 0 Å². The SMILES string of the molecule is CCCN(C)C(=O)NC. The number of nitrogens with zero attached hydrogens (tertiary/aromatic N) is 1. The van der Waals surface area contributed by atoms with Crippen LogP contribution in [0.4, 0.5) is 4.79 Å². The molecule has 0 atom stereocenters. The van der Waals surface area contributed by atoms with E-state index in [2.05, 4.69) is 5.32 Å². The van der Waals surface area contributed by atoms with Gasteiger partial charge in [0.15, 0.2) is 0 Å². The van der Waals surface area contributed by atoms with E-state index in [0.717, 1.165) is 13.0 Å². The molecule has 0 unspecified atom stereocenters. The van der Waals surface area contributed by atoms with Crippen LogP contribution < -0.4 is 5.32 Å². The van der Waals surface area contributed by atoms with Crippen molar-refractivity contribution in [3.05, 3.63) is 0 Å². The van der Waals surface area contributed by atoms with Crippen molar-refractivity contribution < 1.29 is 4.79 Å². The van der Waals surface area contributed by atoms with Gasteiger partial charge in [0.05, 0.1) is 0 Å². The normalized spacial score (nSPS) is 8.78. The first-order chi connectivity index (χ1) is 4.22. The van der Waals surface area contributed by atoms with Crippen molar-refractivity contribution in [2.45, 2.75) is 13.3 Å². The lowest BCUT2D eigenvalue weighted by atomic mass is 10.4. The fourth-order valence-corrected chi connectivity index (χ4v) is 0.628. The Morgan fingerprint density at radius 2 is 2.22 bits per heavy atom. The molecule has 0 aliphatic carbocycles. The van der Waals surface area contributed by atoms with E-state index < -0.39 is 0 Å². The minimum Gasteiger partial charge on any atom is -0.341 e. The van der Waals surface area contributed by atoms with Crippen LogP contribution in [-0.4, -0.2) is 31.6 Å². The van der Waals surface area contributed by atoms with Gasteiger partial charge in [-0.2, -0.15) is 0 Å². The molecular formula is C6H14N2O. The fraction of sp³-hybridized carbons (Fsp3) is 0.833. The highest BCUT2D eigenvalue weighted by Gasteiger charge is 2.01. The summed E-state index contributed by atoms with van der Waals surface area (Å²) < 4.78 is 0. The molecule has 9 heavy (non-hydrogen) atoms. The number of hydrogen-bond donors (Lipinski definition) is 1. The number of carbonyl (C=O) groups excluding carboxylic acids is 1. The summed E-state index contributed by atoms with van der Waals surface area (Å²) in [6.45, 7) is 2.86. The van der Waals surface area contributed by atoms with Crippen LogP contribution >= 0.6 is 0 Å². The molecule has 0 fully saturated rings. The molecule has 0 rings (SSSR count). The van der Waals surface area contributed by atoms with E-state index in [9.17, 15) is 4.79 Å². The van der Waals surface area contributed by atoms with E-state index in [1.165, 1.54) is 0 Å². The molecule has 1 N–H and O–H groups in total. The smallest absolute Gasteiger partial charge is 0.316 e. The first-order valence-corrected chi connectivity index (χ1v) is 3.15. The van der Waals surface area contributed by atoms with Gasteiger partial charge < -0.3 is 10.2 Å². The van der Waals surface area contributed by atoms with E-state index in [0.29, 0.717) is 0 Å². The zero-order chi connectivity index (χ0) is 7.28. The van der Waals surface area contributed by atoms with E-state index in [1.807, 2.05) is 6.92 Å². The standard InChI is InChI=1S/C6H14N2O/c1-4-5-8(3)6(9)7-2/h4-5H2,1-3H3,(H,7,9). The largest absolute Gasteiger partial charge is 0.341 e. The highest BCUT2D eigenvalue weighted by atomic mass is 16.2. The van der Waals surface area contributed by atoms with Crippen LogP contribution in [-0.2, 0) is 0 Å². The van der Waals surface area contributed by atoms with Crippen LogP contribution in [0.2, 0.25) is 0 Å². The summed E-state index contributed by atoms with van der Waals surface area (Å²) in [5, 5.41) is 2.54. The van der Waals surface area contributed by atoms with Gasteiger partial charge in [0.1, 0.15) is 0 Å². The Kier molecular flexibility index (Phi) is 3.84. The van der Waals surface area contributed by atoms with Gasteiger partial charge in [-0.25, -0.2) is 4.79 Å². The van der Waals surface area contributed by atoms with Gasteiger partial charge in [0, 0.05) is 20.6 Å². The average molecular weight is 130 g/mol. The molecule has 0 aromatic heterocycles. The molecule has 54 valence electrons. The number of amides is 2. The number of rotatable bonds is 2. The lowest BCUT2D eigenvalue weighted by molar-refractivity contribution is 0.211. The lowest BCUT2D eigenvalue weighted by Crippen LogP contribution is -2.35. The Balaban J connectivity index is 3.45. The molecule has 0 saturated carbocycles. The Morgan fingerprint density at radius 3 is 2.56 bits per heavy atom. The zero-order valence-corrected chi connectivity index (χ0v) is 6.27. The summed E-state index contributed by atoms with van der Waals surface area (Å²) in [5.41, 5.74) is 0. The van der Waals surface area contributed by atoms with Crippen LogP contribution in [0.3, 0.4) is 0 Å². The fourth-order valence-electron chi connectivity index (χ4n) is 0.628. The summed E-state index contributed by atoms with van der Waals surface area (Å²) in [6, 6.07) is -0.0168. The van der Waals surface area contributed by atoms with Gasteiger partial charge >= 0.3 is 6.03 Å². The molecule has 0 heterocycles.